The van der Waals surface area contributed by atoms with Crippen LogP contribution in [0.4, 0.5) is 0 Å². The summed E-state index contributed by atoms with van der Waals surface area (Å²) in [5.74, 6) is 0.993. The molecule has 1 heterocycles. The normalized spacial score (nSPS) is 15.3. The number of piperazine rings is 1. The quantitative estimate of drug-likeness (QED) is 0.646. The van der Waals surface area contributed by atoms with Gasteiger partial charge in [-0.05, 0) is 48.4 Å². The molecule has 3 rings (SSSR count). The number of benzene rings is 2. The average Bonchev–Trinajstić information content (AvgIpc) is 2.70. The second-order valence-electron chi connectivity index (χ2n) is 6.56. The summed E-state index contributed by atoms with van der Waals surface area (Å²) in [7, 11) is 0. The van der Waals surface area contributed by atoms with Gasteiger partial charge < -0.3 is 9.64 Å². The van der Waals surface area contributed by atoms with Crippen LogP contribution in [0.25, 0.3) is 6.08 Å². The van der Waals surface area contributed by atoms with Gasteiger partial charge in [0, 0.05) is 43.3 Å². The number of nitrogens with zero attached hydrogens (tertiary/aromatic N) is 2. The molecule has 142 valence electrons. The van der Waals surface area contributed by atoms with E-state index in [0.717, 1.165) is 48.5 Å². The van der Waals surface area contributed by atoms with Crippen LogP contribution in [0.5, 0.6) is 5.75 Å². The van der Waals surface area contributed by atoms with Crippen molar-refractivity contribution < 1.29 is 9.53 Å². The molecular formula is C22H25BrN2O2. The highest BCUT2D eigenvalue weighted by Gasteiger charge is 2.19. The maximum Gasteiger partial charge on any atom is 0.246 e. The molecule has 1 aliphatic rings. The summed E-state index contributed by atoms with van der Waals surface area (Å²) < 4.78 is 6.52. The van der Waals surface area contributed by atoms with E-state index in [1.54, 1.807) is 6.08 Å². The lowest BCUT2D eigenvalue weighted by Crippen LogP contribution is -2.47. The lowest BCUT2D eigenvalue weighted by Gasteiger charge is -2.34. The molecular weight excluding hydrogens is 404 g/mol. The van der Waals surface area contributed by atoms with Crippen LogP contribution >= 0.6 is 15.9 Å². The molecule has 0 aromatic heterocycles. The SMILES string of the molecule is CCOc1ccc(CN2CCN(C(=O)/C=C/c3ccc(Br)cc3)CC2)cc1. The Kier molecular flexibility index (Phi) is 7.07. The highest BCUT2D eigenvalue weighted by Crippen LogP contribution is 2.15. The fourth-order valence-corrected chi connectivity index (χ4v) is 3.35. The Morgan fingerprint density at radius 3 is 2.33 bits per heavy atom. The average molecular weight is 429 g/mol. The molecule has 4 nitrogen and oxygen atoms in total. The first kappa shape index (κ1) is 19.6. The molecule has 27 heavy (non-hydrogen) atoms. The molecule has 0 unspecified atom stereocenters. The first-order chi connectivity index (χ1) is 13.1. The minimum Gasteiger partial charge on any atom is -0.494 e. The van der Waals surface area contributed by atoms with Gasteiger partial charge in [0.05, 0.1) is 6.61 Å². The van der Waals surface area contributed by atoms with Gasteiger partial charge in [0.1, 0.15) is 5.75 Å². The van der Waals surface area contributed by atoms with Gasteiger partial charge in [-0.1, -0.05) is 40.2 Å². The zero-order valence-corrected chi connectivity index (χ0v) is 17.2. The van der Waals surface area contributed by atoms with Gasteiger partial charge in [0.25, 0.3) is 0 Å². The van der Waals surface area contributed by atoms with E-state index in [0.29, 0.717) is 6.61 Å². The Morgan fingerprint density at radius 1 is 1.04 bits per heavy atom. The second-order valence-corrected chi connectivity index (χ2v) is 7.48. The molecule has 2 aromatic rings. The third-order valence-electron chi connectivity index (χ3n) is 4.61. The van der Waals surface area contributed by atoms with Crippen molar-refractivity contribution in [3.8, 4) is 5.75 Å². The van der Waals surface area contributed by atoms with E-state index >= 15 is 0 Å². The smallest absolute Gasteiger partial charge is 0.246 e. The summed E-state index contributed by atoms with van der Waals surface area (Å²) in [5, 5.41) is 0. The van der Waals surface area contributed by atoms with Crippen molar-refractivity contribution in [1.29, 1.82) is 0 Å². The lowest BCUT2D eigenvalue weighted by atomic mass is 10.2. The van der Waals surface area contributed by atoms with Crippen LogP contribution in [0.1, 0.15) is 18.1 Å². The zero-order valence-electron chi connectivity index (χ0n) is 15.6. The summed E-state index contributed by atoms with van der Waals surface area (Å²) in [4.78, 5) is 16.7. The first-order valence-electron chi connectivity index (χ1n) is 9.30. The van der Waals surface area contributed by atoms with E-state index in [4.69, 9.17) is 4.74 Å². The number of halogens is 1. The molecule has 0 saturated carbocycles. The number of amides is 1. The van der Waals surface area contributed by atoms with Gasteiger partial charge >= 0.3 is 0 Å². The Bertz CT molecular complexity index is 764. The molecule has 0 spiro atoms. The Hall–Kier alpha value is -2.11. The van der Waals surface area contributed by atoms with Crippen molar-refractivity contribution in [1.82, 2.24) is 9.80 Å². The molecule has 0 N–H and O–H groups in total. The van der Waals surface area contributed by atoms with E-state index in [1.807, 2.05) is 54.3 Å². The standard InChI is InChI=1S/C22H25BrN2O2/c1-2-27-21-10-5-19(6-11-21)17-24-13-15-25(16-14-24)22(26)12-7-18-3-8-20(23)9-4-18/h3-12H,2,13-17H2,1H3/b12-7+. The molecule has 2 aromatic carbocycles. The van der Waals surface area contributed by atoms with Crippen molar-refractivity contribution in [2.24, 2.45) is 0 Å². The highest BCUT2D eigenvalue weighted by atomic mass is 79.9. The molecule has 1 fully saturated rings. The summed E-state index contributed by atoms with van der Waals surface area (Å²) >= 11 is 3.42. The van der Waals surface area contributed by atoms with E-state index < -0.39 is 0 Å². The number of carbonyl (C=O) groups is 1. The van der Waals surface area contributed by atoms with Crippen molar-refractivity contribution in [3.05, 3.63) is 70.2 Å². The largest absolute Gasteiger partial charge is 0.494 e. The van der Waals surface area contributed by atoms with Gasteiger partial charge in [-0.25, -0.2) is 0 Å². The van der Waals surface area contributed by atoms with Gasteiger partial charge in [0.2, 0.25) is 5.91 Å². The van der Waals surface area contributed by atoms with Crippen molar-refractivity contribution in [2.45, 2.75) is 13.5 Å². The highest BCUT2D eigenvalue weighted by molar-refractivity contribution is 9.10. The molecule has 1 saturated heterocycles. The third kappa shape index (κ3) is 5.94. The van der Waals surface area contributed by atoms with Gasteiger partial charge in [0.15, 0.2) is 0 Å². The Labute approximate surface area is 169 Å². The predicted octanol–water partition coefficient (Wildman–Crippen LogP) is 4.21. The summed E-state index contributed by atoms with van der Waals surface area (Å²) in [6, 6.07) is 16.2. The van der Waals surface area contributed by atoms with E-state index in [-0.39, 0.29) is 5.91 Å². The topological polar surface area (TPSA) is 32.8 Å². The first-order valence-corrected chi connectivity index (χ1v) is 10.1. The van der Waals surface area contributed by atoms with Crippen LogP contribution < -0.4 is 4.74 Å². The fraction of sp³-hybridized carbons (Fsp3) is 0.318. The number of hydrogen-bond acceptors (Lipinski definition) is 3. The maximum atomic E-state index is 12.4. The molecule has 0 bridgehead atoms. The molecule has 5 heteroatoms. The van der Waals surface area contributed by atoms with E-state index in [9.17, 15) is 4.79 Å². The van der Waals surface area contributed by atoms with Gasteiger partial charge in [-0.15, -0.1) is 0 Å². The number of carbonyl (C=O) groups excluding carboxylic acids is 1. The van der Waals surface area contributed by atoms with Crippen LogP contribution in [0.15, 0.2) is 59.1 Å². The van der Waals surface area contributed by atoms with Gasteiger partial charge in [-0.2, -0.15) is 0 Å². The number of ether oxygens (including phenoxy) is 1. The molecule has 1 aliphatic heterocycles. The molecule has 0 aliphatic carbocycles. The van der Waals surface area contributed by atoms with E-state index in [1.165, 1.54) is 5.56 Å². The maximum absolute atomic E-state index is 12.4. The monoisotopic (exact) mass is 428 g/mol. The molecule has 1 amide bonds. The van der Waals surface area contributed by atoms with Crippen LogP contribution in [-0.4, -0.2) is 48.5 Å². The fourth-order valence-electron chi connectivity index (χ4n) is 3.09. The zero-order chi connectivity index (χ0) is 19.1. The number of hydrogen-bond donors (Lipinski definition) is 0. The minimum absolute atomic E-state index is 0.0821. The van der Waals surface area contributed by atoms with Crippen LogP contribution in [0.2, 0.25) is 0 Å². The van der Waals surface area contributed by atoms with Crippen molar-refractivity contribution in [2.75, 3.05) is 32.8 Å². The minimum atomic E-state index is 0.0821. The summed E-state index contributed by atoms with van der Waals surface area (Å²) in [5.41, 5.74) is 2.30. The van der Waals surface area contributed by atoms with Gasteiger partial charge in [-0.3, -0.25) is 9.69 Å². The number of rotatable bonds is 6. The van der Waals surface area contributed by atoms with Crippen LogP contribution in [0.3, 0.4) is 0 Å². The predicted molar refractivity (Wildman–Crippen MR) is 113 cm³/mol. The van der Waals surface area contributed by atoms with Crippen LogP contribution in [0, 0.1) is 0 Å². The molecule has 0 radical (unpaired) electrons. The summed E-state index contributed by atoms with van der Waals surface area (Å²) in [6.45, 7) is 6.90. The van der Waals surface area contributed by atoms with E-state index in [2.05, 4.69) is 33.0 Å². The second kappa shape index (κ2) is 9.72. The third-order valence-corrected chi connectivity index (χ3v) is 5.14. The van der Waals surface area contributed by atoms with Crippen molar-refractivity contribution in [3.63, 3.8) is 0 Å². The Morgan fingerprint density at radius 2 is 1.70 bits per heavy atom. The van der Waals surface area contributed by atoms with Crippen molar-refractivity contribution >= 4 is 27.9 Å². The van der Waals surface area contributed by atoms with Crippen LogP contribution in [-0.2, 0) is 11.3 Å². The molecule has 0 atom stereocenters. The lowest BCUT2D eigenvalue weighted by molar-refractivity contribution is -0.127. The Balaban J connectivity index is 1.46. The summed E-state index contributed by atoms with van der Waals surface area (Å²) in [6.07, 6.45) is 3.55.